The van der Waals surface area contributed by atoms with Crippen LogP contribution >= 0.6 is 0 Å². The molecule has 0 aliphatic heterocycles. The van der Waals surface area contributed by atoms with Gasteiger partial charge in [-0.2, -0.15) is 0 Å². The van der Waals surface area contributed by atoms with Crippen molar-refractivity contribution in [2.75, 3.05) is 13.2 Å². The number of hydrogen-bond donors (Lipinski definition) is 0. The van der Waals surface area contributed by atoms with Crippen molar-refractivity contribution in [2.24, 2.45) is 0 Å². The Hall–Kier alpha value is -1.04. The van der Waals surface area contributed by atoms with E-state index < -0.39 is 6.67 Å². The molecule has 0 aromatic rings. The molecule has 1 aliphatic carbocycles. The first-order chi connectivity index (χ1) is 6.29. The van der Waals surface area contributed by atoms with Gasteiger partial charge in [0.25, 0.3) is 5.91 Å². The third kappa shape index (κ3) is 2.45. The van der Waals surface area contributed by atoms with Crippen molar-refractivity contribution >= 4 is 5.91 Å². The number of nitrogens with zero attached hydrogens (tertiary/aromatic N) is 1. The van der Waals surface area contributed by atoms with Gasteiger partial charge in [-0.1, -0.05) is 5.92 Å². The molecule has 1 saturated carbocycles. The first-order valence-electron chi connectivity index (χ1n) is 4.59. The van der Waals surface area contributed by atoms with E-state index in [4.69, 9.17) is 0 Å². The molecule has 0 radical (unpaired) electrons. The van der Waals surface area contributed by atoms with E-state index in [1.807, 2.05) is 0 Å². The van der Waals surface area contributed by atoms with E-state index in [1.165, 1.54) is 0 Å². The molecule has 0 atom stereocenters. The Morgan fingerprint density at radius 1 is 1.62 bits per heavy atom. The summed E-state index contributed by atoms with van der Waals surface area (Å²) in [6, 6.07) is 0.240. The third-order valence-electron chi connectivity index (χ3n) is 2.33. The van der Waals surface area contributed by atoms with Gasteiger partial charge in [-0.3, -0.25) is 4.79 Å². The molecule has 0 N–H and O–H groups in total. The van der Waals surface area contributed by atoms with Gasteiger partial charge in [0.1, 0.15) is 6.67 Å². The molecule has 0 bridgehead atoms. The van der Waals surface area contributed by atoms with Crippen LogP contribution in [-0.2, 0) is 4.79 Å². The maximum absolute atomic E-state index is 12.1. The standard InChI is InChI=1S/C10H14FNO/c1-2-4-10(13)12(8-7-11)9-5-3-6-9/h9H,3,5-8H2,1H3. The predicted molar refractivity (Wildman–Crippen MR) is 48.8 cm³/mol. The van der Waals surface area contributed by atoms with E-state index in [9.17, 15) is 9.18 Å². The van der Waals surface area contributed by atoms with Crippen molar-refractivity contribution in [2.45, 2.75) is 32.2 Å². The molecule has 1 rings (SSSR count). The van der Waals surface area contributed by atoms with Crippen LogP contribution in [0, 0.1) is 11.8 Å². The van der Waals surface area contributed by atoms with Gasteiger partial charge in [-0.05, 0) is 32.1 Å². The molecule has 1 aliphatic rings. The minimum atomic E-state index is -0.479. The highest BCUT2D eigenvalue weighted by Crippen LogP contribution is 2.24. The average molecular weight is 183 g/mol. The molecule has 0 spiro atoms. The van der Waals surface area contributed by atoms with Crippen LogP contribution in [0.1, 0.15) is 26.2 Å². The lowest BCUT2D eigenvalue weighted by molar-refractivity contribution is -0.129. The van der Waals surface area contributed by atoms with Gasteiger partial charge in [0.2, 0.25) is 0 Å². The van der Waals surface area contributed by atoms with Gasteiger partial charge in [0.15, 0.2) is 0 Å². The zero-order valence-electron chi connectivity index (χ0n) is 7.85. The average Bonchev–Trinajstić information content (AvgIpc) is 2.01. The number of halogens is 1. The second kappa shape index (κ2) is 4.86. The second-order valence-corrected chi connectivity index (χ2v) is 3.15. The molecule has 0 aromatic heterocycles. The fourth-order valence-electron chi connectivity index (χ4n) is 1.42. The fourth-order valence-corrected chi connectivity index (χ4v) is 1.42. The first kappa shape index (κ1) is 10.0. The molecular formula is C10H14FNO. The van der Waals surface area contributed by atoms with Gasteiger partial charge in [-0.25, -0.2) is 4.39 Å². The Bertz CT molecular complexity index is 237. The van der Waals surface area contributed by atoms with E-state index in [-0.39, 0.29) is 18.5 Å². The lowest BCUT2D eigenvalue weighted by atomic mass is 9.91. The van der Waals surface area contributed by atoms with Crippen LogP contribution in [0.25, 0.3) is 0 Å². The van der Waals surface area contributed by atoms with Gasteiger partial charge >= 0.3 is 0 Å². The molecular weight excluding hydrogens is 169 g/mol. The van der Waals surface area contributed by atoms with Crippen LogP contribution in [0.15, 0.2) is 0 Å². The Morgan fingerprint density at radius 2 is 2.31 bits per heavy atom. The van der Waals surface area contributed by atoms with Gasteiger partial charge in [-0.15, -0.1) is 0 Å². The number of amides is 1. The lowest BCUT2D eigenvalue weighted by Crippen LogP contribution is -2.44. The molecule has 72 valence electrons. The highest BCUT2D eigenvalue weighted by atomic mass is 19.1. The molecule has 0 unspecified atom stereocenters. The minimum Gasteiger partial charge on any atom is -0.326 e. The molecule has 0 aromatic carbocycles. The molecule has 0 heterocycles. The molecule has 3 heteroatoms. The van der Waals surface area contributed by atoms with E-state index >= 15 is 0 Å². The van der Waals surface area contributed by atoms with E-state index in [1.54, 1.807) is 11.8 Å². The molecule has 13 heavy (non-hydrogen) atoms. The van der Waals surface area contributed by atoms with Crippen LogP contribution in [0.5, 0.6) is 0 Å². The summed E-state index contributed by atoms with van der Waals surface area (Å²) < 4.78 is 12.1. The number of hydrogen-bond acceptors (Lipinski definition) is 1. The summed E-state index contributed by atoms with van der Waals surface area (Å²) in [4.78, 5) is 12.9. The van der Waals surface area contributed by atoms with Crippen molar-refractivity contribution < 1.29 is 9.18 Å². The summed E-state index contributed by atoms with van der Waals surface area (Å²) in [5, 5.41) is 0. The topological polar surface area (TPSA) is 20.3 Å². The van der Waals surface area contributed by atoms with Crippen LogP contribution in [0.2, 0.25) is 0 Å². The SMILES string of the molecule is CC#CC(=O)N(CCF)C1CCC1. The Balaban J connectivity index is 2.53. The quantitative estimate of drug-likeness (QED) is 0.605. The van der Waals surface area contributed by atoms with E-state index in [0.717, 1.165) is 19.3 Å². The predicted octanol–water partition coefficient (Wildman–Crippen LogP) is 1.36. The molecule has 1 amide bonds. The molecule has 1 fully saturated rings. The molecule has 2 nitrogen and oxygen atoms in total. The van der Waals surface area contributed by atoms with E-state index in [0.29, 0.717) is 0 Å². The number of alkyl halides is 1. The Morgan fingerprint density at radius 3 is 2.69 bits per heavy atom. The highest BCUT2D eigenvalue weighted by molar-refractivity contribution is 5.93. The highest BCUT2D eigenvalue weighted by Gasteiger charge is 2.27. The number of rotatable bonds is 3. The summed E-state index contributed by atoms with van der Waals surface area (Å²) >= 11 is 0. The molecule has 0 saturated heterocycles. The first-order valence-corrected chi connectivity index (χ1v) is 4.59. The monoisotopic (exact) mass is 183 g/mol. The van der Waals surface area contributed by atoms with Crippen molar-refractivity contribution in [3.63, 3.8) is 0 Å². The zero-order valence-corrected chi connectivity index (χ0v) is 7.85. The smallest absolute Gasteiger partial charge is 0.298 e. The summed E-state index contributed by atoms with van der Waals surface area (Å²) in [6.45, 7) is 1.33. The van der Waals surface area contributed by atoms with Crippen LogP contribution < -0.4 is 0 Å². The Labute approximate surface area is 78.1 Å². The summed E-state index contributed by atoms with van der Waals surface area (Å²) in [5.41, 5.74) is 0. The van der Waals surface area contributed by atoms with Crippen LogP contribution in [0.3, 0.4) is 0 Å². The van der Waals surface area contributed by atoms with Crippen molar-refractivity contribution in [1.82, 2.24) is 4.90 Å². The largest absolute Gasteiger partial charge is 0.326 e. The number of carbonyl (C=O) groups is 1. The van der Waals surface area contributed by atoms with Gasteiger partial charge < -0.3 is 4.90 Å². The Kier molecular flexibility index (Phi) is 3.75. The van der Waals surface area contributed by atoms with Gasteiger partial charge in [0.05, 0.1) is 6.54 Å². The summed E-state index contributed by atoms with van der Waals surface area (Å²) in [6.07, 6.45) is 3.13. The van der Waals surface area contributed by atoms with E-state index in [2.05, 4.69) is 11.8 Å². The lowest BCUT2D eigenvalue weighted by Gasteiger charge is -2.35. The summed E-state index contributed by atoms with van der Waals surface area (Å²) in [5.74, 6) is 4.76. The van der Waals surface area contributed by atoms with Gasteiger partial charge in [0, 0.05) is 6.04 Å². The van der Waals surface area contributed by atoms with Crippen molar-refractivity contribution in [1.29, 1.82) is 0 Å². The maximum atomic E-state index is 12.1. The van der Waals surface area contributed by atoms with Crippen LogP contribution in [-0.4, -0.2) is 30.1 Å². The number of carbonyl (C=O) groups excluding carboxylic acids is 1. The maximum Gasteiger partial charge on any atom is 0.298 e. The normalized spacial score (nSPS) is 15.5. The second-order valence-electron chi connectivity index (χ2n) is 3.15. The van der Waals surface area contributed by atoms with Crippen LogP contribution in [0.4, 0.5) is 4.39 Å². The van der Waals surface area contributed by atoms with Crippen molar-refractivity contribution in [3.8, 4) is 11.8 Å². The van der Waals surface area contributed by atoms with Crippen molar-refractivity contribution in [3.05, 3.63) is 0 Å². The third-order valence-corrected chi connectivity index (χ3v) is 2.33. The summed E-state index contributed by atoms with van der Waals surface area (Å²) in [7, 11) is 0. The minimum absolute atomic E-state index is 0.193. The fraction of sp³-hybridized carbons (Fsp3) is 0.700. The zero-order chi connectivity index (χ0) is 9.68.